The minimum absolute atomic E-state index is 0.00545. The summed E-state index contributed by atoms with van der Waals surface area (Å²) in [6.45, 7) is 1.50. The van der Waals surface area contributed by atoms with Crippen LogP contribution in [0, 0.1) is 18.6 Å². The van der Waals surface area contributed by atoms with Gasteiger partial charge in [-0.1, -0.05) is 18.2 Å². The molecule has 42 heavy (non-hydrogen) atoms. The van der Waals surface area contributed by atoms with Gasteiger partial charge >= 0.3 is 0 Å². The number of halogens is 3. The topological polar surface area (TPSA) is 88.4 Å². The van der Waals surface area contributed by atoms with Crippen molar-refractivity contribution in [3.63, 3.8) is 0 Å². The number of benzene rings is 1. The van der Waals surface area contributed by atoms with Gasteiger partial charge in [-0.05, 0) is 85.4 Å². The van der Waals surface area contributed by atoms with E-state index >= 15 is 8.78 Å². The molecule has 2 aliphatic rings. The summed E-state index contributed by atoms with van der Waals surface area (Å²) < 4.78 is 46.7. The van der Waals surface area contributed by atoms with Crippen LogP contribution in [0.5, 0.6) is 0 Å². The average Bonchev–Trinajstić information content (AvgIpc) is 3.72. The van der Waals surface area contributed by atoms with E-state index in [1.165, 1.54) is 55.0 Å². The Morgan fingerprint density at radius 2 is 1.81 bits per heavy atom. The molecule has 0 atom stereocenters. The van der Waals surface area contributed by atoms with Gasteiger partial charge in [-0.3, -0.25) is 14.6 Å². The summed E-state index contributed by atoms with van der Waals surface area (Å²) in [6.07, 6.45) is 10.6. The van der Waals surface area contributed by atoms with Crippen molar-refractivity contribution in [2.24, 2.45) is 0 Å². The fraction of sp³-hybridized carbons (Fsp3) is 0.188. The number of hydrogen-bond acceptors (Lipinski definition) is 4. The van der Waals surface area contributed by atoms with Crippen molar-refractivity contribution < 1.29 is 22.8 Å². The summed E-state index contributed by atoms with van der Waals surface area (Å²) in [6, 6.07) is 9.45. The van der Waals surface area contributed by atoms with Crippen LogP contribution in [0.15, 0.2) is 78.9 Å². The van der Waals surface area contributed by atoms with Crippen molar-refractivity contribution in [3.8, 4) is 11.1 Å². The van der Waals surface area contributed by atoms with E-state index in [2.05, 4.69) is 20.7 Å². The Hall–Kier alpha value is -4.99. The van der Waals surface area contributed by atoms with Gasteiger partial charge in [0.2, 0.25) is 0 Å². The van der Waals surface area contributed by atoms with Gasteiger partial charge < -0.3 is 10.6 Å². The molecule has 1 aromatic carbocycles. The maximum Gasteiger partial charge on any atom is 0.255 e. The zero-order valence-corrected chi connectivity index (χ0v) is 22.8. The van der Waals surface area contributed by atoms with Gasteiger partial charge in [0.25, 0.3) is 11.8 Å². The highest BCUT2D eigenvalue weighted by Crippen LogP contribution is 2.45. The number of hydrogen-bond donors (Lipinski definition) is 2. The normalized spacial score (nSPS) is 15.5. The van der Waals surface area contributed by atoms with Gasteiger partial charge in [-0.25, -0.2) is 17.7 Å². The van der Waals surface area contributed by atoms with Crippen molar-refractivity contribution in [1.82, 2.24) is 25.2 Å². The minimum atomic E-state index is -0.815. The highest BCUT2D eigenvalue weighted by atomic mass is 19.1. The molecule has 0 radical (unpaired) electrons. The summed E-state index contributed by atoms with van der Waals surface area (Å²) >= 11 is 0. The third-order valence-corrected chi connectivity index (χ3v) is 7.69. The zero-order valence-electron chi connectivity index (χ0n) is 22.8. The molecule has 1 saturated carbocycles. The first kappa shape index (κ1) is 27.2. The second-order valence-corrected chi connectivity index (χ2v) is 10.3. The molecule has 212 valence electrons. The summed E-state index contributed by atoms with van der Waals surface area (Å²) in [5, 5.41) is 9.93. The summed E-state index contributed by atoms with van der Waals surface area (Å²) in [5.41, 5.74) is 0.857. The number of fused-ring (bicyclic) bond motifs is 1. The molecule has 0 aliphatic heterocycles. The van der Waals surface area contributed by atoms with Crippen LogP contribution in [0.3, 0.4) is 0 Å². The molecule has 4 aromatic rings. The number of rotatable bonds is 6. The number of allylic oxidation sites excluding steroid dienone is 6. The molecule has 2 amide bonds. The lowest BCUT2D eigenvalue weighted by Crippen LogP contribution is -2.35. The quantitative estimate of drug-likeness (QED) is 0.300. The van der Waals surface area contributed by atoms with Crippen LogP contribution < -0.4 is 10.6 Å². The molecular weight excluding hydrogens is 543 g/mol. The highest BCUT2D eigenvalue weighted by molar-refractivity contribution is 6.06. The number of nitrogens with zero attached hydrogens (tertiary/aromatic N) is 3. The lowest BCUT2D eigenvalue weighted by atomic mass is 9.96. The van der Waals surface area contributed by atoms with E-state index in [1.54, 1.807) is 18.3 Å². The smallest absolute Gasteiger partial charge is 0.255 e. The van der Waals surface area contributed by atoms with Crippen molar-refractivity contribution in [3.05, 3.63) is 119 Å². The number of amides is 2. The van der Waals surface area contributed by atoms with Crippen LogP contribution in [-0.4, -0.2) is 33.5 Å². The minimum Gasteiger partial charge on any atom is -0.355 e. The SMILES string of the molecule is CNC(=O)c1c(C2=CCC=C(F)C=C2)nn2ccc(-c3cc(C(=O)NC4(c5ccccn5)CC4)cc(F)c3C)c(F)c12. The summed E-state index contributed by atoms with van der Waals surface area (Å²) in [4.78, 5) is 30.7. The lowest BCUT2D eigenvalue weighted by molar-refractivity contribution is 0.0927. The summed E-state index contributed by atoms with van der Waals surface area (Å²) in [7, 11) is 1.41. The Balaban J connectivity index is 1.44. The Morgan fingerprint density at radius 3 is 2.52 bits per heavy atom. The third-order valence-electron chi connectivity index (χ3n) is 7.69. The van der Waals surface area contributed by atoms with Crippen molar-refractivity contribution in [2.45, 2.75) is 31.7 Å². The molecule has 0 bridgehead atoms. The van der Waals surface area contributed by atoms with Gasteiger partial charge in [-0.15, -0.1) is 0 Å². The van der Waals surface area contributed by atoms with Crippen LogP contribution in [-0.2, 0) is 5.54 Å². The van der Waals surface area contributed by atoms with E-state index in [-0.39, 0.29) is 45.4 Å². The predicted octanol–water partition coefficient (Wildman–Crippen LogP) is 5.96. The van der Waals surface area contributed by atoms with Crippen LogP contribution in [0.2, 0.25) is 0 Å². The van der Waals surface area contributed by atoms with Crippen molar-refractivity contribution in [1.29, 1.82) is 0 Å². The monoisotopic (exact) mass is 569 g/mol. The molecule has 3 aromatic heterocycles. The molecule has 10 heteroatoms. The second kappa shape index (κ2) is 10.4. The largest absolute Gasteiger partial charge is 0.355 e. The van der Waals surface area contributed by atoms with Gasteiger partial charge in [0, 0.05) is 30.6 Å². The van der Waals surface area contributed by atoms with Gasteiger partial charge in [0.05, 0.1) is 16.8 Å². The first-order chi connectivity index (χ1) is 20.2. The predicted molar refractivity (Wildman–Crippen MR) is 152 cm³/mol. The van der Waals surface area contributed by atoms with Crippen LogP contribution in [0.1, 0.15) is 56.9 Å². The zero-order chi connectivity index (χ0) is 29.6. The summed E-state index contributed by atoms with van der Waals surface area (Å²) in [5.74, 6) is -3.03. The van der Waals surface area contributed by atoms with E-state index in [0.29, 0.717) is 18.4 Å². The van der Waals surface area contributed by atoms with Crippen molar-refractivity contribution >= 4 is 22.9 Å². The first-order valence-electron chi connectivity index (χ1n) is 13.4. The molecule has 2 N–H and O–H groups in total. The standard InChI is InChI=1S/C32H26F3N5O2/c1-18-23(16-20(17-24(18)34)30(41)38-32(12-13-32)25-8-3-4-14-37-25)22-11-15-40-29(27(22)35)26(31(42)36-2)28(39-40)19-6-5-7-21(33)10-9-19/h3-4,6-11,14-17H,5,12-13H2,1-2H3,(H,36,42)(H,38,41). The van der Waals surface area contributed by atoms with Gasteiger partial charge in [0.15, 0.2) is 5.82 Å². The molecule has 0 saturated heterocycles. The van der Waals surface area contributed by atoms with E-state index in [4.69, 9.17) is 0 Å². The number of carbonyl (C=O) groups excluding carboxylic acids is 2. The fourth-order valence-electron chi connectivity index (χ4n) is 5.22. The molecule has 0 spiro atoms. The average molecular weight is 570 g/mol. The Morgan fingerprint density at radius 1 is 1.00 bits per heavy atom. The van der Waals surface area contributed by atoms with Crippen LogP contribution in [0.25, 0.3) is 22.2 Å². The molecule has 2 aliphatic carbocycles. The third kappa shape index (κ3) is 4.68. The van der Waals surface area contributed by atoms with E-state index < -0.39 is 34.8 Å². The molecule has 0 unspecified atom stereocenters. The van der Waals surface area contributed by atoms with E-state index in [0.717, 1.165) is 11.8 Å². The Labute approximate surface area is 239 Å². The van der Waals surface area contributed by atoms with Gasteiger partial charge in [0.1, 0.15) is 22.9 Å². The number of carbonyl (C=O) groups is 2. The molecule has 6 rings (SSSR count). The van der Waals surface area contributed by atoms with E-state index in [9.17, 15) is 14.0 Å². The highest BCUT2D eigenvalue weighted by Gasteiger charge is 2.47. The number of nitrogens with one attached hydrogen (secondary N) is 2. The number of aromatic nitrogens is 3. The maximum atomic E-state index is 16.4. The molecule has 1 fully saturated rings. The molecule has 3 heterocycles. The second-order valence-electron chi connectivity index (χ2n) is 10.3. The Bertz CT molecular complexity index is 1850. The fourth-order valence-corrected chi connectivity index (χ4v) is 5.22. The lowest BCUT2D eigenvalue weighted by Gasteiger charge is -2.18. The van der Waals surface area contributed by atoms with Crippen molar-refractivity contribution in [2.75, 3.05) is 7.05 Å². The first-order valence-corrected chi connectivity index (χ1v) is 13.4. The van der Waals surface area contributed by atoms with Crippen LogP contribution >= 0.6 is 0 Å². The molecule has 7 nitrogen and oxygen atoms in total. The van der Waals surface area contributed by atoms with E-state index in [1.807, 2.05) is 12.1 Å². The Kier molecular flexibility index (Phi) is 6.76. The van der Waals surface area contributed by atoms with Gasteiger partial charge in [-0.2, -0.15) is 5.10 Å². The van der Waals surface area contributed by atoms with Crippen LogP contribution in [0.4, 0.5) is 13.2 Å². The molecular formula is C32H26F3N5O2. The maximum absolute atomic E-state index is 16.4. The number of pyridine rings is 2.